The fourth-order valence-corrected chi connectivity index (χ4v) is 6.08. The number of nitrogens with two attached hydrogens (primary N) is 1. The number of nitrogens with one attached hydrogen (secondary N) is 2. The Morgan fingerprint density at radius 2 is 1.95 bits per heavy atom. The van der Waals surface area contributed by atoms with E-state index in [2.05, 4.69) is 31.0 Å². The van der Waals surface area contributed by atoms with Crippen molar-refractivity contribution in [3.8, 4) is 16.9 Å². The van der Waals surface area contributed by atoms with Crippen molar-refractivity contribution >= 4 is 39.2 Å². The van der Waals surface area contributed by atoms with Gasteiger partial charge in [0.2, 0.25) is 5.91 Å². The molecule has 1 saturated heterocycles. The molecule has 3 radical (unpaired) electrons. The predicted molar refractivity (Wildman–Crippen MR) is 149 cm³/mol. The molecule has 3 heterocycles. The van der Waals surface area contributed by atoms with Gasteiger partial charge in [0.05, 0.1) is 43.5 Å². The molecule has 2 atom stereocenters. The van der Waals surface area contributed by atoms with Gasteiger partial charge >= 0.3 is 0 Å². The number of aromatic nitrogens is 3. The largest absolute Gasteiger partial charge is 0.494 e. The van der Waals surface area contributed by atoms with Gasteiger partial charge in [0.1, 0.15) is 17.6 Å². The maximum atomic E-state index is 12.9. The Bertz CT molecular complexity index is 1500. The summed E-state index contributed by atoms with van der Waals surface area (Å²) in [6.07, 6.45) is 7.57. The van der Waals surface area contributed by atoms with E-state index in [9.17, 15) is 9.59 Å². The zero-order valence-corrected chi connectivity index (χ0v) is 23.6. The number of carbonyl (C=O) groups is 2. The maximum absolute atomic E-state index is 12.9. The molecule has 3 aromatic rings. The molecule has 40 heavy (non-hydrogen) atoms. The van der Waals surface area contributed by atoms with E-state index in [4.69, 9.17) is 19.9 Å². The lowest BCUT2D eigenvalue weighted by atomic mass is 9.85. The van der Waals surface area contributed by atoms with Crippen molar-refractivity contribution in [1.29, 1.82) is 0 Å². The number of nitrogens with zero attached hydrogens (tertiary/aromatic N) is 3. The molecule has 2 amide bonds. The van der Waals surface area contributed by atoms with Crippen molar-refractivity contribution in [2.45, 2.75) is 50.0 Å². The van der Waals surface area contributed by atoms with Crippen molar-refractivity contribution < 1.29 is 23.8 Å². The quantitative estimate of drug-likeness (QED) is 0.356. The van der Waals surface area contributed by atoms with Crippen LogP contribution in [0.3, 0.4) is 0 Å². The summed E-state index contributed by atoms with van der Waals surface area (Å²) in [5.41, 5.74) is 8.30. The number of pyridine rings is 1. The lowest BCUT2D eigenvalue weighted by Gasteiger charge is -2.44. The number of ether oxygens (including phenoxy) is 3. The van der Waals surface area contributed by atoms with Crippen molar-refractivity contribution in [3.63, 3.8) is 0 Å². The molecular formula is C28H31N6O5Si. The minimum absolute atomic E-state index is 0.0133. The van der Waals surface area contributed by atoms with Crippen LogP contribution in [-0.2, 0) is 14.3 Å². The zero-order chi connectivity index (χ0) is 28.3. The SMILES string of the molecule is COc1c(Nc2cc(NC(=O)[C@@]3([Si])CC3(C)C)ncc2C(N)=O)cccc1-c1cnn([C@H]2CCC23OCCO3)c1. The molecule has 12 heteroatoms. The molecule has 6 rings (SSSR count). The number of benzene rings is 1. The molecule has 0 unspecified atom stereocenters. The Morgan fingerprint density at radius 1 is 1.20 bits per heavy atom. The third-order valence-corrected chi connectivity index (χ3v) is 9.39. The summed E-state index contributed by atoms with van der Waals surface area (Å²) < 4.78 is 19.5. The summed E-state index contributed by atoms with van der Waals surface area (Å²) in [6, 6.07) is 7.24. The Morgan fingerprint density at radius 3 is 2.58 bits per heavy atom. The third-order valence-electron chi connectivity index (χ3n) is 8.31. The van der Waals surface area contributed by atoms with Crippen LogP contribution in [0, 0.1) is 5.41 Å². The maximum Gasteiger partial charge on any atom is 0.252 e. The van der Waals surface area contributed by atoms with Gasteiger partial charge in [0.25, 0.3) is 5.91 Å². The Kier molecular flexibility index (Phi) is 6.24. The summed E-state index contributed by atoms with van der Waals surface area (Å²) in [6.45, 7) is 5.21. The van der Waals surface area contributed by atoms with Gasteiger partial charge in [0.15, 0.2) is 5.79 Å². The first-order valence-corrected chi connectivity index (χ1v) is 13.7. The third kappa shape index (κ3) is 4.26. The summed E-state index contributed by atoms with van der Waals surface area (Å²) >= 11 is 0. The summed E-state index contributed by atoms with van der Waals surface area (Å²) in [4.78, 5) is 29.4. The van der Waals surface area contributed by atoms with E-state index < -0.39 is 16.7 Å². The van der Waals surface area contributed by atoms with Crippen molar-refractivity contribution in [3.05, 3.63) is 48.4 Å². The Balaban J connectivity index is 1.28. The highest BCUT2D eigenvalue weighted by Gasteiger charge is 2.62. The van der Waals surface area contributed by atoms with Gasteiger partial charge in [-0.15, -0.1) is 0 Å². The van der Waals surface area contributed by atoms with Crippen molar-refractivity contribution in [2.24, 2.45) is 11.1 Å². The second-order valence-corrected chi connectivity index (χ2v) is 12.0. The van der Waals surface area contributed by atoms with Crippen LogP contribution in [0.15, 0.2) is 42.9 Å². The predicted octanol–water partition coefficient (Wildman–Crippen LogP) is 3.57. The molecule has 2 saturated carbocycles. The molecule has 0 bridgehead atoms. The average molecular weight is 560 g/mol. The smallest absolute Gasteiger partial charge is 0.252 e. The second-order valence-electron chi connectivity index (χ2n) is 11.2. The van der Waals surface area contributed by atoms with Gasteiger partial charge in [-0.05, 0) is 24.3 Å². The topological polar surface area (TPSA) is 143 Å². The van der Waals surface area contributed by atoms with Crippen LogP contribution in [0.4, 0.5) is 17.2 Å². The summed E-state index contributed by atoms with van der Waals surface area (Å²) in [5.74, 6) is -0.594. The summed E-state index contributed by atoms with van der Waals surface area (Å²) in [5, 5.41) is 10.0. The monoisotopic (exact) mass is 559 g/mol. The number of rotatable bonds is 8. The van der Waals surface area contributed by atoms with Gasteiger partial charge in [-0.25, -0.2) is 4.98 Å². The number of para-hydroxylation sites is 1. The number of primary amides is 1. The van der Waals surface area contributed by atoms with Crippen LogP contribution in [0.25, 0.3) is 11.1 Å². The number of methoxy groups -OCH3 is 1. The van der Waals surface area contributed by atoms with E-state index in [1.807, 2.05) is 42.9 Å². The summed E-state index contributed by atoms with van der Waals surface area (Å²) in [7, 11) is 5.20. The molecule has 2 aromatic heterocycles. The van der Waals surface area contributed by atoms with Crippen LogP contribution in [-0.4, -0.2) is 62.9 Å². The molecule has 4 N–H and O–H groups in total. The Labute approximate surface area is 235 Å². The molecular weight excluding hydrogens is 528 g/mol. The highest BCUT2D eigenvalue weighted by Crippen LogP contribution is 2.68. The lowest BCUT2D eigenvalue weighted by molar-refractivity contribution is -0.242. The number of anilines is 3. The number of carbonyl (C=O) groups excluding carboxylic acids is 2. The number of hydrogen-bond donors (Lipinski definition) is 3. The van der Waals surface area contributed by atoms with Gasteiger partial charge in [-0.2, -0.15) is 5.10 Å². The van der Waals surface area contributed by atoms with E-state index in [0.717, 1.165) is 24.0 Å². The number of hydrogen-bond acceptors (Lipinski definition) is 8. The first kappa shape index (κ1) is 26.5. The molecule has 1 spiro atoms. The van der Waals surface area contributed by atoms with Crippen LogP contribution >= 0.6 is 0 Å². The van der Waals surface area contributed by atoms with E-state index in [0.29, 0.717) is 42.6 Å². The first-order valence-electron chi connectivity index (χ1n) is 13.2. The van der Waals surface area contributed by atoms with Gasteiger partial charge < -0.3 is 30.6 Å². The van der Waals surface area contributed by atoms with Gasteiger partial charge in [-0.3, -0.25) is 14.3 Å². The van der Waals surface area contributed by atoms with Crippen LogP contribution in [0.2, 0.25) is 5.04 Å². The van der Waals surface area contributed by atoms with Gasteiger partial charge in [0, 0.05) is 51.3 Å². The van der Waals surface area contributed by atoms with Crippen LogP contribution in [0.5, 0.6) is 5.75 Å². The van der Waals surface area contributed by atoms with E-state index in [1.165, 1.54) is 6.20 Å². The molecule has 1 aromatic carbocycles. The Hall–Kier alpha value is -3.74. The van der Waals surface area contributed by atoms with Crippen molar-refractivity contribution in [1.82, 2.24) is 14.8 Å². The lowest BCUT2D eigenvalue weighted by Crippen LogP contribution is -2.49. The zero-order valence-electron chi connectivity index (χ0n) is 22.6. The molecule has 11 nitrogen and oxygen atoms in total. The highest BCUT2D eigenvalue weighted by molar-refractivity contribution is 6.33. The van der Waals surface area contributed by atoms with Crippen LogP contribution < -0.4 is 21.1 Å². The average Bonchev–Trinajstić information content (AvgIpc) is 3.36. The highest BCUT2D eigenvalue weighted by atomic mass is 28.1. The number of amides is 2. The normalized spacial score (nSPS) is 23.9. The molecule has 207 valence electrons. The van der Waals surface area contributed by atoms with Gasteiger partial charge in [-0.1, -0.05) is 26.0 Å². The fourth-order valence-electron chi connectivity index (χ4n) is 5.58. The minimum Gasteiger partial charge on any atom is -0.494 e. The molecule has 3 aliphatic rings. The molecule has 2 aliphatic carbocycles. The molecule has 3 fully saturated rings. The second kappa shape index (κ2) is 9.42. The van der Waals surface area contributed by atoms with E-state index in [1.54, 1.807) is 19.4 Å². The standard InChI is InChI=1S/C28H31N6O5Si/c1-26(2)15-27(26,40)25(36)33-22-11-20(18(13-30-22)24(29)35)32-19-6-4-5-17(23(19)37-3)16-12-31-34(14-16)21-7-8-28(21)38-9-10-39-28/h4-6,11-14,21H,7-10,15H2,1-3H3,(H2,29,35)(H2,30,32,33,36)/t21-,27-/m0/s1. The van der Waals surface area contributed by atoms with E-state index >= 15 is 0 Å². The molecule has 1 aliphatic heterocycles. The van der Waals surface area contributed by atoms with Crippen molar-refractivity contribution in [2.75, 3.05) is 31.0 Å². The minimum atomic E-state index is -0.665. The fraction of sp³-hybridized carbons (Fsp3) is 0.429. The first-order chi connectivity index (χ1) is 19.1. The van der Waals surface area contributed by atoms with Crippen LogP contribution in [0.1, 0.15) is 49.5 Å². The van der Waals surface area contributed by atoms with E-state index in [-0.39, 0.29) is 22.9 Å².